The monoisotopic (exact) mass is 208 g/mol. The van der Waals surface area contributed by atoms with Gasteiger partial charge in [-0.25, -0.2) is 0 Å². The Morgan fingerprint density at radius 3 is 2.13 bits per heavy atom. The molecule has 3 nitrogen and oxygen atoms in total. The molecule has 0 bridgehead atoms. The van der Waals surface area contributed by atoms with Crippen LogP contribution in [0.5, 0.6) is 0 Å². The molecule has 0 unspecified atom stereocenters. The molecule has 0 aliphatic carbocycles. The van der Waals surface area contributed by atoms with Gasteiger partial charge in [0.2, 0.25) is 0 Å². The van der Waals surface area contributed by atoms with Gasteiger partial charge < -0.3 is 14.6 Å². The van der Waals surface area contributed by atoms with Crippen molar-refractivity contribution in [2.45, 2.75) is 25.2 Å². The van der Waals surface area contributed by atoms with Crippen LogP contribution in [0.4, 0.5) is 0 Å². The molecule has 15 heavy (non-hydrogen) atoms. The minimum atomic E-state index is -1.02. The van der Waals surface area contributed by atoms with Crippen LogP contribution in [0.25, 0.3) is 0 Å². The summed E-state index contributed by atoms with van der Waals surface area (Å²) in [6.07, 6.45) is 0. The average molecular weight is 208 g/mol. The fraction of sp³-hybridized carbons (Fsp3) is 0.500. The number of aliphatic hydroxyl groups is 1. The van der Waals surface area contributed by atoms with E-state index in [1.54, 1.807) is 0 Å². The Labute approximate surface area is 89.6 Å². The molecule has 3 heteroatoms. The van der Waals surface area contributed by atoms with E-state index in [9.17, 15) is 5.11 Å². The highest BCUT2D eigenvalue weighted by molar-refractivity contribution is 5.23. The first-order valence-corrected chi connectivity index (χ1v) is 5.08. The van der Waals surface area contributed by atoms with E-state index in [4.69, 9.17) is 9.47 Å². The van der Waals surface area contributed by atoms with Crippen molar-refractivity contribution in [1.29, 1.82) is 0 Å². The first kappa shape index (κ1) is 10.6. The van der Waals surface area contributed by atoms with Crippen LogP contribution in [0.3, 0.4) is 0 Å². The van der Waals surface area contributed by atoms with Crippen molar-refractivity contribution in [3.63, 3.8) is 0 Å². The number of hydrogen-bond donors (Lipinski definition) is 1. The Morgan fingerprint density at radius 1 is 1.07 bits per heavy atom. The van der Waals surface area contributed by atoms with E-state index in [1.165, 1.54) is 0 Å². The molecule has 0 aromatic heterocycles. The van der Waals surface area contributed by atoms with Gasteiger partial charge in [0.1, 0.15) is 5.60 Å². The molecule has 1 aromatic carbocycles. The van der Waals surface area contributed by atoms with Gasteiger partial charge in [-0.2, -0.15) is 0 Å². The summed E-state index contributed by atoms with van der Waals surface area (Å²) in [7, 11) is 0. The SMILES string of the molecule is CC1(C)OCC(O)(c2ccccc2)CO1. The largest absolute Gasteiger partial charge is 0.380 e. The molecular weight excluding hydrogens is 192 g/mol. The summed E-state index contributed by atoms with van der Waals surface area (Å²) in [6.45, 7) is 4.23. The Balaban J connectivity index is 2.17. The quantitative estimate of drug-likeness (QED) is 0.762. The van der Waals surface area contributed by atoms with Gasteiger partial charge in [-0.1, -0.05) is 30.3 Å². The molecule has 1 heterocycles. The van der Waals surface area contributed by atoms with Crippen LogP contribution >= 0.6 is 0 Å². The Bertz CT molecular complexity index is 322. The minimum Gasteiger partial charge on any atom is -0.380 e. The van der Waals surface area contributed by atoms with E-state index in [0.717, 1.165) is 5.56 Å². The second kappa shape index (κ2) is 3.59. The molecule has 1 saturated heterocycles. The third kappa shape index (κ3) is 2.20. The van der Waals surface area contributed by atoms with E-state index in [0.29, 0.717) is 0 Å². The predicted molar refractivity (Wildman–Crippen MR) is 56.3 cm³/mol. The summed E-state index contributed by atoms with van der Waals surface area (Å²) >= 11 is 0. The van der Waals surface area contributed by atoms with Crippen molar-refractivity contribution < 1.29 is 14.6 Å². The van der Waals surface area contributed by atoms with Gasteiger partial charge in [0.25, 0.3) is 0 Å². The minimum absolute atomic E-state index is 0.268. The molecule has 1 aromatic rings. The van der Waals surface area contributed by atoms with Crippen LogP contribution in [0.1, 0.15) is 19.4 Å². The second-order valence-corrected chi connectivity index (χ2v) is 4.37. The summed E-state index contributed by atoms with van der Waals surface area (Å²) in [6, 6.07) is 9.47. The molecule has 0 amide bonds. The predicted octanol–water partition coefficient (Wildman–Crippen LogP) is 1.66. The molecule has 0 spiro atoms. The Hall–Kier alpha value is -0.900. The normalized spacial score (nSPS) is 23.7. The lowest BCUT2D eigenvalue weighted by molar-refractivity contribution is -0.305. The van der Waals surface area contributed by atoms with Crippen LogP contribution in [0, 0.1) is 0 Å². The van der Waals surface area contributed by atoms with Crippen molar-refractivity contribution in [3.05, 3.63) is 35.9 Å². The van der Waals surface area contributed by atoms with E-state index in [1.807, 2.05) is 44.2 Å². The highest BCUT2D eigenvalue weighted by atomic mass is 16.7. The van der Waals surface area contributed by atoms with Crippen molar-refractivity contribution in [3.8, 4) is 0 Å². The van der Waals surface area contributed by atoms with E-state index in [-0.39, 0.29) is 13.2 Å². The zero-order chi connectivity index (χ0) is 10.9. The first-order valence-electron chi connectivity index (χ1n) is 5.08. The smallest absolute Gasteiger partial charge is 0.163 e. The van der Waals surface area contributed by atoms with Crippen LogP contribution in [0.15, 0.2) is 30.3 Å². The summed E-state index contributed by atoms with van der Waals surface area (Å²) in [4.78, 5) is 0. The lowest BCUT2D eigenvalue weighted by Gasteiger charge is -2.40. The van der Waals surface area contributed by atoms with Crippen LogP contribution in [-0.2, 0) is 15.1 Å². The van der Waals surface area contributed by atoms with Crippen LogP contribution < -0.4 is 0 Å². The average Bonchev–Trinajstić information content (AvgIpc) is 2.24. The zero-order valence-electron chi connectivity index (χ0n) is 9.06. The lowest BCUT2D eigenvalue weighted by Crippen LogP contribution is -2.49. The molecular formula is C12H16O3. The van der Waals surface area contributed by atoms with Gasteiger partial charge in [-0.3, -0.25) is 0 Å². The Morgan fingerprint density at radius 2 is 1.60 bits per heavy atom. The molecule has 2 rings (SSSR count). The molecule has 0 atom stereocenters. The number of rotatable bonds is 1. The maximum Gasteiger partial charge on any atom is 0.163 e. The number of benzene rings is 1. The third-order valence-corrected chi connectivity index (χ3v) is 2.63. The maximum atomic E-state index is 10.3. The van der Waals surface area contributed by atoms with Gasteiger partial charge in [0.05, 0.1) is 13.2 Å². The molecule has 0 saturated carbocycles. The first-order chi connectivity index (χ1) is 7.02. The van der Waals surface area contributed by atoms with Gasteiger partial charge in [-0.05, 0) is 19.4 Å². The van der Waals surface area contributed by atoms with Crippen LogP contribution in [-0.4, -0.2) is 24.1 Å². The molecule has 1 aliphatic rings. The molecule has 1 fully saturated rings. The van der Waals surface area contributed by atoms with E-state index < -0.39 is 11.4 Å². The molecule has 1 aliphatic heterocycles. The topological polar surface area (TPSA) is 38.7 Å². The maximum absolute atomic E-state index is 10.3. The van der Waals surface area contributed by atoms with Crippen molar-refractivity contribution in [2.24, 2.45) is 0 Å². The highest BCUT2D eigenvalue weighted by Gasteiger charge is 2.39. The summed E-state index contributed by atoms with van der Waals surface area (Å²) in [5, 5.41) is 10.3. The van der Waals surface area contributed by atoms with Crippen LogP contribution in [0.2, 0.25) is 0 Å². The molecule has 0 radical (unpaired) electrons. The summed E-state index contributed by atoms with van der Waals surface area (Å²) in [5.41, 5.74) is -0.183. The fourth-order valence-electron chi connectivity index (χ4n) is 1.58. The summed E-state index contributed by atoms with van der Waals surface area (Å²) < 4.78 is 10.9. The van der Waals surface area contributed by atoms with Gasteiger partial charge in [0, 0.05) is 0 Å². The molecule has 1 N–H and O–H groups in total. The highest BCUT2D eigenvalue weighted by Crippen LogP contribution is 2.30. The summed E-state index contributed by atoms with van der Waals surface area (Å²) in [5.74, 6) is -0.596. The second-order valence-electron chi connectivity index (χ2n) is 4.37. The third-order valence-electron chi connectivity index (χ3n) is 2.63. The fourth-order valence-corrected chi connectivity index (χ4v) is 1.58. The van der Waals surface area contributed by atoms with Gasteiger partial charge in [0.15, 0.2) is 5.79 Å². The Kier molecular flexibility index (Phi) is 2.54. The standard InChI is InChI=1S/C12H16O3/c1-11(2)14-8-12(13,9-15-11)10-6-4-3-5-7-10/h3-7,13H,8-9H2,1-2H3. The van der Waals surface area contributed by atoms with Gasteiger partial charge in [-0.15, -0.1) is 0 Å². The van der Waals surface area contributed by atoms with E-state index in [2.05, 4.69) is 0 Å². The van der Waals surface area contributed by atoms with Crippen molar-refractivity contribution >= 4 is 0 Å². The number of hydrogen-bond acceptors (Lipinski definition) is 3. The lowest BCUT2D eigenvalue weighted by atomic mass is 9.94. The number of ether oxygens (including phenoxy) is 2. The zero-order valence-corrected chi connectivity index (χ0v) is 9.06. The van der Waals surface area contributed by atoms with Crippen molar-refractivity contribution in [1.82, 2.24) is 0 Å². The van der Waals surface area contributed by atoms with Crippen molar-refractivity contribution in [2.75, 3.05) is 13.2 Å². The van der Waals surface area contributed by atoms with Gasteiger partial charge >= 0.3 is 0 Å². The van der Waals surface area contributed by atoms with E-state index >= 15 is 0 Å². The molecule has 82 valence electrons.